The van der Waals surface area contributed by atoms with Crippen LogP contribution in [0.25, 0.3) is 0 Å². The van der Waals surface area contributed by atoms with Gasteiger partial charge in [0.1, 0.15) is 0 Å². The zero-order valence-corrected chi connectivity index (χ0v) is 8.21. The first-order valence-corrected chi connectivity index (χ1v) is 5.80. The molecule has 1 rings (SSSR count). The molecule has 0 radical (unpaired) electrons. The first kappa shape index (κ1) is 9.50. The molecule has 1 unspecified atom stereocenters. The molecule has 0 spiro atoms. The molecule has 0 saturated carbocycles. The van der Waals surface area contributed by atoms with Crippen LogP contribution in [0.5, 0.6) is 0 Å². The van der Waals surface area contributed by atoms with E-state index in [9.17, 15) is 9.46 Å². The molecule has 0 bridgehead atoms. The average molecular weight is 184 g/mol. The summed E-state index contributed by atoms with van der Waals surface area (Å²) < 4.78 is 11.5. The minimum Gasteiger partial charge on any atom is -0.341 e. The standard InChI is InChI=1S/C9H13O2P/c1-3-12(10,11)9-6-4-5-8(2)7-9/h4-7H,3H2,1-2H3,(H,10,11). The van der Waals surface area contributed by atoms with Crippen LogP contribution in [0.2, 0.25) is 0 Å². The van der Waals surface area contributed by atoms with Gasteiger partial charge in [-0.3, -0.25) is 4.57 Å². The number of hydrogen-bond acceptors (Lipinski definition) is 1. The Labute approximate surface area is 72.7 Å². The number of rotatable bonds is 2. The summed E-state index contributed by atoms with van der Waals surface area (Å²) in [6, 6.07) is 7.20. The second-order valence-electron chi connectivity index (χ2n) is 2.86. The molecular formula is C9H13O2P. The first-order chi connectivity index (χ1) is 5.56. The highest BCUT2D eigenvalue weighted by atomic mass is 31.2. The average Bonchev–Trinajstić information content (AvgIpc) is 2.05. The molecular weight excluding hydrogens is 171 g/mol. The Bertz CT molecular complexity index is 320. The smallest absolute Gasteiger partial charge is 0.229 e. The highest BCUT2D eigenvalue weighted by Crippen LogP contribution is 2.38. The molecule has 1 N–H and O–H groups in total. The molecule has 0 aromatic heterocycles. The van der Waals surface area contributed by atoms with Gasteiger partial charge in [0.25, 0.3) is 0 Å². The third-order valence-electron chi connectivity index (χ3n) is 1.83. The molecule has 12 heavy (non-hydrogen) atoms. The molecule has 0 aliphatic carbocycles. The van der Waals surface area contributed by atoms with E-state index in [0.717, 1.165) is 5.56 Å². The summed E-state index contributed by atoms with van der Waals surface area (Å²) in [4.78, 5) is 9.47. The largest absolute Gasteiger partial charge is 0.341 e. The van der Waals surface area contributed by atoms with Gasteiger partial charge in [0.2, 0.25) is 7.37 Å². The number of benzene rings is 1. The Morgan fingerprint density at radius 3 is 2.67 bits per heavy atom. The van der Waals surface area contributed by atoms with Crippen molar-refractivity contribution in [2.75, 3.05) is 6.16 Å². The van der Waals surface area contributed by atoms with E-state index in [1.165, 1.54) is 0 Å². The van der Waals surface area contributed by atoms with Crippen LogP contribution in [0.3, 0.4) is 0 Å². The van der Waals surface area contributed by atoms with Crippen molar-refractivity contribution >= 4 is 12.7 Å². The lowest BCUT2D eigenvalue weighted by molar-refractivity contribution is 0.491. The highest BCUT2D eigenvalue weighted by Gasteiger charge is 2.17. The molecule has 0 saturated heterocycles. The van der Waals surface area contributed by atoms with E-state index in [2.05, 4.69) is 0 Å². The molecule has 0 aliphatic heterocycles. The van der Waals surface area contributed by atoms with Gasteiger partial charge in [-0.15, -0.1) is 0 Å². The van der Waals surface area contributed by atoms with Gasteiger partial charge < -0.3 is 4.89 Å². The fraction of sp³-hybridized carbons (Fsp3) is 0.333. The fourth-order valence-corrected chi connectivity index (χ4v) is 2.12. The molecule has 0 aliphatic rings. The maximum Gasteiger partial charge on any atom is 0.229 e. The SMILES string of the molecule is CCP(=O)(O)c1cccc(C)c1. The Morgan fingerprint density at radius 1 is 1.50 bits per heavy atom. The Hall–Kier alpha value is -0.590. The van der Waals surface area contributed by atoms with E-state index in [4.69, 9.17) is 0 Å². The lowest BCUT2D eigenvalue weighted by atomic mass is 10.2. The maximum absolute atomic E-state index is 11.5. The zero-order chi connectivity index (χ0) is 9.19. The van der Waals surface area contributed by atoms with Gasteiger partial charge in [-0.05, 0) is 19.1 Å². The molecule has 66 valence electrons. The molecule has 0 heterocycles. The summed E-state index contributed by atoms with van der Waals surface area (Å²) in [6.45, 7) is 3.64. The minimum absolute atomic E-state index is 0.302. The summed E-state index contributed by atoms with van der Waals surface area (Å²) in [7, 11) is -3.05. The van der Waals surface area contributed by atoms with Crippen LogP contribution in [0.1, 0.15) is 12.5 Å². The Morgan fingerprint density at radius 2 is 2.17 bits per heavy atom. The summed E-state index contributed by atoms with van der Waals surface area (Å²) in [6.07, 6.45) is 0.302. The van der Waals surface area contributed by atoms with Crippen molar-refractivity contribution in [2.45, 2.75) is 13.8 Å². The fourth-order valence-electron chi connectivity index (χ4n) is 1.03. The maximum atomic E-state index is 11.5. The van der Waals surface area contributed by atoms with Crippen molar-refractivity contribution in [3.8, 4) is 0 Å². The Kier molecular flexibility index (Phi) is 2.71. The molecule has 0 amide bonds. The van der Waals surface area contributed by atoms with Gasteiger partial charge in [0, 0.05) is 11.5 Å². The van der Waals surface area contributed by atoms with E-state index in [1.54, 1.807) is 19.1 Å². The van der Waals surface area contributed by atoms with Crippen molar-refractivity contribution < 1.29 is 9.46 Å². The van der Waals surface area contributed by atoms with Crippen molar-refractivity contribution in [3.63, 3.8) is 0 Å². The van der Waals surface area contributed by atoms with Crippen LogP contribution in [0, 0.1) is 6.92 Å². The summed E-state index contributed by atoms with van der Waals surface area (Å²) in [5, 5.41) is 0.560. The predicted octanol–water partition coefficient (Wildman–Crippen LogP) is 1.91. The van der Waals surface area contributed by atoms with Crippen LogP contribution >= 0.6 is 7.37 Å². The van der Waals surface area contributed by atoms with E-state index in [-0.39, 0.29) is 0 Å². The quantitative estimate of drug-likeness (QED) is 0.713. The normalized spacial score (nSPS) is 15.6. The van der Waals surface area contributed by atoms with Gasteiger partial charge in [0.05, 0.1) is 0 Å². The summed E-state index contributed by atoms with van der Waals surface area (Å²) in [5.41, 5.74) is 1.02. The molecule has 0 fully saturated rings. The van der Waals surface area contributed by atoms with Crippen LogP contribution in [-0.2, 0) is 4.57 Å². The first-order valence-electron chi connectivity index (χ1n) is 3.95. The minimum atomic E-state index is -3.05. The van der Waals surface area contributed by atoms with Crippen molar-refractivity contribution in [3.05, 3.63) is 29.8 Å². The van der Waals surface area contributed by atoms with Crippen molar-refractivity contribution in [2.24, 2.45) is 0 Å². The van der Waals surface area contributed by atoms with Gasteiger partial charge in [-0.25, -0.2) is 0 Å². The topological polar surface area (TPSA) is 37.3 Å². The van der Waals surface area contributed by atoms with E-state index < -0.39 is 7.37 Å². The van der Waals surface area contributed by atoms with Crippen molar-refractivity contribution in [1.82, 2.24) is 0 Å². The van der Waals surface area contributed by atoms with E-state index in [1.807, 2.05) is 19.1 Å². The molecule has 3 heteroatoms. The van der Waals surface area contributed by atoms with Crippen LogP contribution in [-0.4, -0.2) is 11.1 Å². The zero-order valence-electron chi connectivity index (χ0n) is 7.32. The second kappa shape index (κ2) is 3.42. The van der Waals surface area contributed by atoms with Gasteiger partial charge in [-0.1, -0.05) is 24.6 Å². The Balaban J connectivity index is 3.12. The summed E-state index contributed by atoms with van der Waals surface area (Å²) in [5.74, 6) is 0. The van der Waals surface area contributed by atoms with Crippen molar-refractivity contribution in [1.29, 1.82) is 0 Å². The second-order valence-corrected chi connectivity index (χ2v) is 5.41. The molecule has 1 atom stereocenters. The molecule has 1 aromatic carbocycles. The lowest BCUT2D eigenvalue weighted by Crippen LogP contribution is -2.05. The highest BCUT2D eigenvalue weighted by molar-refractivity contribution is 7.66. The van der Waals surface area contributed by atoms with E-state index >= 15 is 0 Å². The monoisotopic (exact) mass is 184 g/mol. The van der Waals surface area contributed by atoms with Crippen LogP contribution < -0.4 is 5.30 Å². The van der Waals surface area contributed by atoms with Gasteiger partial charge in [0.15, 0.2) is 0 Å². The van der Waals surface area contributed by atoms with Gasteiger partial charge >= 0.3 is 0 Å². The summed E-state index contributed by atoms with van der Waals surface area (Å²) >= 11 is 0. The molecule has 2 nitrogen and oxygen atoms in total. The number of aryl methyl sites for hydroxylation is 1. The lowest BCUT2D eigenvalue weighted by Gasteiger charge is -2.08. The van der Waals surface area contributed by atoms with E-state index in [0.29, 0.717) is 11.5 Å². The molecule has 1 aromatic rings. The van der Waals surface area contributed by atoms with Crippen LogP contribution in [0.15, 0.2) is 24.3 Å². The third-order valence-corrected chi connectivity index (χ3v) is 3.78. The third kappa shape index (κ3) is 1.96. The number of hydrogen-bond donors (Lipinski definition) is 1. The van der Waals surface area contributed by atoms with Crippen LogP contribution in [0.4, 0.5) is 0 Å². The van der Waals surface area contributed by atoms with Gasteiger partial charge in [-0.2, -0.15) is 0 Å². The predicted molar refractivity (Wildman–Crippen MR) is 51.2 cm³/mol.